The highest BCUT2D eigenvalue weighted by molar-refractivity contribution is 6.05. The van der Waals surface area contributed by atoms with E-state index in [1.165, 1.54) is 4.90 Å². The normalized spacial score (nSPS) is 26.4. The number of fused-ring (bicyclic) bond motifs is 2. The molecule has 5 rings (SSSR count). The third kappa shape index (κ3) is 6.33. The molecule has 10 nitrogen and oxygen atoms in total. The van der Waals surface area contributed by atoms with Crippen LogP contribution in [0.25, 0.3) is 10.8 Å². The average molecular weight is 646 g/mol. The lowest BCUT2D eigenvalue weighted by atomic mass is 9.70. The van der Waals surface area contributed by atoms with Crippen molar-refractivity contribution in [3.63, 3.8) is 0 Å². The van der Waals surface area contributed by atoms with Gasteiger partial charge in [0.25, 0.3) is 5.91 Å². The number of carbonyl (C=O) groups excluding carboxylic acids is 4. The van der Waals surface area contributed by atoms with Crippen molar-refractivity contribution in [3.05, 3.63) is 67.8 Å². The Labute approximate surface area is 276 Å². The van der Waals surface area contributed by atoms with E-state index in [0.717, 1.165) is 10.8 Å². The van der Waals surface area contributed by atoms with Gasteiger partial charge in [-0.1, -0.05) is 62.8 Å². The maximum Gasteiger partial charge on any atom is 0.312 e. The molecule has 3 amide bonds. The van der Waals surface area contributed by atoms with Crippen LogP contribution in [0.4, 0.5) is 5.69 Å². The maximum absolute atomic E-state index is 14.9. The molecule has 3 saturated heterocycles. The van der Waals surface area contributed by atoms with Crippen LogP contribution in [0, 0.1) is 17.8 Å². The Hall–Kier alpha value is -4.02. The number of benzene rings is 2. The Morgan fingerprint density at radius 1 is 1.17 bits per heavy atom. The first kappa shape index (κ1) is 34.3. The highest BCUT2D eigenvalue weighted by Crippen LogP contribution is 2.59. The summed E-state index contributed by atoms with van der Waals surface area (Å²) in [5, 5.41) is 15.4. The molecule has 3 aliphatic heterocycles. The van der Waals surface area contributed by atoms with Crippen LogP contribution < -0.4 is 10.2 Å². The first-order chi connectivity index (χ1) is 22.6. The fourth-order valence-electron chi connectivity index (χ4n) is 7.65. The average Bonchev–Trinajstić information content (AvgIpc) is 3.72. The first-order valence-electron chi connectivity index (χ1n) is 16.7. The van der Waals surface area contributed by atoms with Crippen molar-refractivity contribution in [2.75, 3.05) is 24.6 Å². The molecule has 1 spiro atoms. The summed E-state index contributed by atoms with van der Waals surface area (Å²) in [5.74, 6) is -3.48. The van der Waals surface area contributed by atoms with Crippen LogP contribution in [-0.4, -0.2) is 83.3 Å². The zero-order chi connectivity index (χ0) is 33.9. The SMILES string of the molecule is C=CCCC(=O)NC[C@H](C)OC(=O)[C@@H]1[C@@H]2CC[C@]3(O2)[C@H](C(=O)N(CC=C)c2ccc4ccccc4c2)N([C@@H](CO)[C@@H](C)CC)C(=O)[C@@H]13. The van der Waals surface area contributed by atoms with Gasteiger partial charge >= 0.3 is 5.97 Å². The lowest BCUT2D eigenvalue weighted by molar-refractivity contribution is -0.160. The van der Waals surface area contributed by atoms with Crippen LogP contribution in [0.15, 0.2) is 67.8 Å². The van der Waals surface area contributed by atoms with Crippen molar-refractivity contribution < 1.29 is 33.8 Å². The van der Waals surface area contributed by atoms with Gasteiger partial charge in [0, 0.05) is 18.7 Å². The monoisotopic (exact) mass is 645 g/mol. The third-order valence-electron chi connectivity index (χ3n) is 10.2. The topological polar surface area (TPSA) is 125 Å². The van der Waals surface area contributed by atoms with Crippen molar-refractivity contribution in [2.45, 2.75) is 82.8 Å². The maximum atomic E-state index is 14.9. The highest BCUT2D eigenvalue weighted by Gasteiger charge is 2.76. The molecule has 2 N–H and O–H groups in total. The summed E-state index contributed by atoms with van der Waals surface area (Å²) in [5.41, 5.74) is -0.612. The van der Waals surface area contributed by atoms with Gasteiger partial charge in [0.15, 0.2) is 0 Å². The van der Waals surface area contributed by atoms with Crippen LogP contribution >= 0.6 is 0 Å². The van der Waals surface area contributed by atoms with Gasteiger partial charge < -0.3 is 29.7 Å². The number of hydrogen-bond donors (Lipinski definition) is 2. The van der Waals surface area contributed by atoms with Gasteiger partial charge in [-0.3, -0.25) is 19.2 Å². The Morgan fingerprint density at radius 3 is 2.60 bits per heavy atom. The number of aliphatic hydroxyl groups is 1. The van der Waals surface area contributed by atoms with Crippen molar-refractivity contribution in [3.8, 4) is 0 Å². The number of allylic oxidation sites excluding steroid dienone is 1. The molecule has 3 fully saturated rings. The second-order valence-corrected chi connectivity index (χ2v) is 13.1. The number of carbonyl (C=O) groups is 4. The number of amides is 3. The summed E-state index contributed by atoms with van der Waals surface area (Å²) in [6.07, 6.45) is 4.47. The summed E-state index contributed by atoms with van der Waals surface area (Å²) in [7, 11) is 0. The number of hydrogen-bond acceptors (Lipinski definition) is 7. The van der Waals surface area contributed by atoms with E-state index in [4.69, 9.17) is 9.47 Å². The minimum absolute atomic E-state index is 0.125. The molecule has 10 heteroatoms. The number of likely N-dealkylation sites (tertiary alicyclic amines) is 1. The van der Waals surface area contributed by atoms with E-state index in [1.54, 1.807) is 24.0 Å². The van der Waals surface area contributed by atoms with Crippen LogP contribution in [0.5, 0.6) is 0 Å². The van der Waals surface area contributed by atoms with Gasteiger partial charge in [-0.25, -0.2) is 0 Å². The molecule has 0 radical (unpaired) electrons. The number of anilines is 1. The standard InChI is InChI=1S/C37H47N3O7/c1-6-9-14-30(42)38-21-24(5)46-36(45)31-29-17-18-37(47-29)32(31)34(43)40(28(22-41)23(4)8-3)33(37)35(44)39(19-7-2)27-16-15-25-12-10-11-13-26(25)20-27/h6-7,10-13,15-16,20,23-24,28-29,31-33,41H,1-2,8-9,14,17-19,21-22H2,3-5H3,(H,38,42)/t23-,24-,28-,29-,31+,32+,33-,37+/m0/s1. The van der Waals surface area contributed by atoms with Crippen molar-refractivity contribution >= 4 is 40.2 Å². The fourth-order valence-corrected chi connectivity index (χ4v) is 7.65. The Bertz CT molecular complexity index is 1530. The molecule has 0 saturated carbocycles. The lowest BCUT2D eigenvalue weighted by Gasteiger charge is -2.41. The lowest BCUT2D eigenvalue weighted by Crippen LogP contribution is -2.60. The second kappa shape index (κ2) is 14.4. The quantitative estimate of drug-likeness (QED) is 0.220. The van der Waals surface area contributed by atoms with Gasteiger partial charge in [0.1, 0.15) is 17.7 Å². The number of nitrogens with zero attached hydrogens (tertiary/aromatic N) is 2. The van der Waals surface area contributed by atoms with E-state index in [1.807, 2.05) is 56.3 Å². The zero-order valence-electron chi connectivity index (χ0n) is 27.6. The van der Waals surface area contributed by atoms with Crippen LogP contribution in [0.1, 0.15) is 52.9 Å². The van der Waals surface area contributed by atoms with E-state index in [0.29, 0.717) is 31.4 Å². The minimum atomic E-state index is -1.26. The highest BCUT2D eigenvalue weighted by atomic mass is 16.6. The molecule has 47 heavy (non-hydrogen) atoms. The molecule has 0 aromatic heterocycles. The molecule has 8 atom stereocenters. The number of rotatable bonds is 15. The molecule has 0 aliphatic carbocycles. The van der Waals surface area contributed by atoms with E-state index in [2.05, 4.69) is 18.5 Å². The Morgan fingerprint density at radius 2 is 1.91 bits per heavy atom. The van der Waals surface area contributed by atoms with Crippen LogP contribution in [0.2, 0.25) is 0 Å². The summed E-state index contributed by atoms with van der Waals surface area (Å²) in [6.45, 7) is 13.1. The molecule has 2 aromatic rings. The van der Waals surface area contributed by atoms with Crippen LogP contribution in [0.3, 0.4) is 0 Å². The molecular weight excluding hydrogens is 598 g/mol. The Balaban J connectivity index is 1.48. The molecule has 2 aromatic carbocycles. The van der Waals surface area contributed by atoms with Crippen molar-refractivity contribution in [2.24, 2.45) is 17.8 Å². The van der Waals surface area contributed by atoms with Crippen molar-refractivity contribution in [1.82, 2.24) is 10.2 Å². The van der Waals surface area contributed by atoms with Gasteiger partial charge in [0.05, 0.1) is 37.1 Å². The number of ether oxygens (including phenoxy) is 2. The Kier molecular flexibility index (Phi) is 10.5. The van der Waals surface area contributed by atoms with E-state index < -0.39 is 47.7 Å². The second-order valence-electron chi connectivity index (χ2n) is 13.1. The van der Waals surface area contributed by atoms with E-state index in [-0.39, 0.29) is 49.8 Å². The summed E-state index contributed by atoms with van der Waals surface area (Å²) >= 11 is 0. The summed E-state index contributed by atoms with van der Waals surface area (Å²) in [6, 6.07) is 11.9. The van der Waals surface area contributed by atoms with Gasteiger partial charge in [0.2, 0.25) is 11.8 Å². The smallest absolute Gasteiger partial charge is 0.312 e. The van der Waals surface area contributed by atoms with Crippen molar-refractivity contribution in [1.29, 1.82) is 0 Å². The molecule has 3 aliphatic rings. The predicted molar refractivity (Wildman–Crippen MR) is 179 cm³/mol. The molecule has 2 bridgehead atoms. The molecule has 0 unspecified atom stereocenters. The zero-order valence-corrected chi connectivity index (χ0v) is 27.6. The molecule has 3 heterocycles. The largest absolute Gasteiger partial charge is 0.460 e. The fraction of sp³-hybridized carbons (Fsp3) is 0.514. The van der Waals surface area contributed by atoms with E-state index in [9.17, 15) is 24.3 Å². The first-order valence-corrected chi connectivity index (χ1v) is 16.7. The number of nitrogens with one attached hydrogen (secondary N) is 1. The third-order valence-corrected chi connectivity index (χ3v) is 10.2. The van der Waals surface area contributed by atoms with Gasteiger partial charge in [-0.15, -0.1) is 13.2 Å². The van der Waals surface area contributed by atoms with Gasteiger partial charge in [-0.2, -0.15) is 0 Å². The number of esters is 1. The predicted octanol–water partition coefficient (Wildman–Crippen LogP) is 4.15. The van der Waals surface area contributed by atoms with E-state index >= 15 is 0 Å². The summed E-state index contributed by atoms with van der Waals surface area (Å²) in [4.78, 5) is 58.5. The number of aliphatic hydroxyl groups excluding tert-OH is 1. The molecular formula is C37H47N3O7. The molecule has 252 valence electrons. The minimum Gasteiger partial charge on any atom is -0.460 e. The van der Waals surface area contributed by atoms with Gasteiger partial charge in [-0.05, 0) is 55.0 Å². The van der Waals surface area contributed by atoms with Crippen LogP contribution in [-0.2, 0) is 28.7 Å². The summed E-state index contributed by atoms with van der Waals surface area (Å²) < 4.78 is 12.4.